The lowest BCUT2D eigenvalue weighted by Crippen LogP contribution is -1.94. The zero-order chi connectivity index (χ0) is 23.7. The fourth-order valence-corrected chi connectivity index (χ4v) is 5.77. The van der Waals surface area contributed by atoms with Crippen molar-refractivity contribution >= 4 is 43.6 Å². The Morgan fingerprint density at radius 2 is 1.32 bits per heavy atom. The summed E-state index contributed by atoms with van der Waals surface area (Å²) in [5.74, 6) is 1.81. The van der Waals surface area contributed by atoms with Crippen molar-refractivity contribution in [3.8, 4) is 22.6 Å². The Morgan fingerprint density at radius 1 is 0.647 bits per heavy atom. The second kappa shape index (κ2) is 7.29. The minimum absolute atomic E-state index is 0.904. The van der Waals surface area contributed by atoms with Crippen molar-refractivity contribution in [2.24, 2.45) is 14.1 Å². The van der Waals surface area contributed by atoms with E-state index in [1.54, 1.807) is 14.2 Å². The highest BCUT2D eigenvalue weighted by Gasteiger charge is 2.21. The van der Waals surface area contributed by atoms with Gasteiger partial charge in [-0.05, 0) is 72.5 Å². The summed E-state index contributed by atoms with van der Waals surface area (Å²) in [6.45, 7) is 4.30. The molecule has 2 aromatic heterocycles. The molecule has 170 valence electrons. The number of hydrogen-bond donors (Lipinski definition) is 0. The van der Waals surface area contributed by atoms with Crippen LogP contribution in [0.4, 0.5) is 0 Å². The van der Waals surface area contributed by atoms with Gasteiger partial charge in [-0.25, -0.2) is 0 Å². The first-order chi connectivity index (χ1) is 16.4. The fourth-order valence-electron chi connectivity index (χ4n) is 5.77. The molecule has 0 bridgehead atoms. The van der Waals surface area contributed by atoms with Crippen LogP contribution in [0.25, 0.3) is 54.7 Å². The summed E-state index contributed by atoms with van der Waals surface area (Å²) in [7, 11) is 7.73. The molecule has 0 N–H and O–H groups in total. The van der Waals surface area contributed by atoms with Gasteiger partial charge >= 0.3 is 0 Å². The van der Waals surface area contributed by atoms with Crippen LogP contribution < -0.4 is 9.47 Å². The molecule has 4 aromatic carbocycles. The van der Waals surface area contributed by atoms with E-state index in [9.17, 15) is 0 Å². The zero-order valence-electron chi connectivity index (χ0n) is 20.5. The number of nitrogens with zero attached hydrogens (tertiary/aromatic N) is 2. The minimum atomic E-state index is 0.904. The van der Waals surface area contributed by atoms with E-state index in [0.717, 1.165) is 22.5 Å². The summed E-state index contributed by atoms with van der Waals surface area (Å²) in [6, 6.07) is 22.0. The van der Waals surface area contributed by atoms with Crippen LogP contribution in [0.1, 0.15) is 11.1 Å². The number of hydrogen-bond acceptors (Lipinski definition) is 2. The van der Waals surface area contributed by atoms with E-state index in [4.69, 9.17) is 9.47 Å². The molecular formula is C30H28N2O2. The maximum Gasteiger partial charge on any atom is 0.143 e. The van der Waals surface area contributed by atoms with Gasteiger partial charge in [-0.15, -0.1) is 0 Å². The van der Waals surface area contributed by atoms with E-state index in [0.29, 0.717) is 0 Å². The second-order valence-electron chi connectivity index (χ2n) is 9.22. The molecule has 0 aliphatic carbocycles. The Balaban J connectivity index is 1.76. The molecule has 4 nitrogen and oxygen atoms in total. The Kier molecular flexibility index (Phi) is 4.43. The van der Waals surface area contributed by atoms with Crippen LogP contribution in [0.15, 0.2) is 60.7 Å². The average Bonchev–Trinajstić information content (AvgIpc) is 3.30. The van der Waals surface area contributed by atoms with Crippen molar-refractivity contribution < 1.29 is 9.47 Å². The number of methoxy groups -OCH3 is 2. The lowest BCUT2D eigenvalue weighted by Gasteiger charge is -2.14. The molecule has 0 aliphatic rings. The molecule has 34 heavy (non-hydrogen) atoms. The van der Waals surface area contributed by atoms with Crippen LogP contribution in [0.3, 0.4) is 0 Å². The maximum absolute atomic E-state index is 5.84. The molecule has 0 radical (unpaired) electrons. The van der Waals surface area contributed by atoms with Gasteiger partial charge in [0.25, 0.3) is 0 Å². The molecule has 6 aromatic rings. The molecule has 0 fully saturated rings. The van der Waals surface area contributed by atoms with Crippen LogP contribution in [-0.2, 0) is 14.1 Å². The Hall–Kier alpha value is -3.92. The van der Waals surface area contributed by atoms with Crippen LogP contribution in [0.2, 0.25) is 0 Å². The first kappa shape index (κ1) is 20.7. The highest BCUT2D eigenvalue weighted by atomic mass is 16.5. The number of rotatable bonds is 3. The molecule has 0 saturated carbocycles. The predicted molar refractivity (Wildman–Crippen MR) is 142 cm³/mol. The van der Waals surface area contributed by atoms with Crippen molar-refractivity contribution in [3.05, 3.63) is 71.8 Å². The van der Waals surface area contributed by atoms with Gasteiger partial charge in [-0.2, -0.15) is 0 Å². The Morgan fingerprint density at radius 3 is 2.09 bits per heavy atom. The van der Waals surface area contributed by atoms with Crippen LogP contribution >= 0.6 is 0 Å². The third-order valence-corrected chi connectivity index (χ3v) is 7.26. The van der Waals surface area contributed by atoms with Crippen LogP contribution in [-0.4, -0.2) is 23.4 Å². The summed E-state index contributed by atoms with van der Waals surface area (Å²) in [4.78, 5) is 0. The Labute approximate surface area is 198 Å². The molecular weight excluding hydrogens is 420 g/mol. The highest BCUT2D eigenvalue weighted by Crippen LogP contribution is 2.44. The number of para-hydroxylation sites is 1. The number of aromatic nitrogens is 2. The van der Waals surface area contributed by atoms with Gasteiger partial charge < -0.3 is 18.6 Å². The quantitative estimate of drug-likeness (QED) is 0.285. The van der Waals surface area contributed by atoms with E-state index in [1.165, 1.54) is 54.8 Å². The fraction of sp³-hybridized carbons (Fsp3) is 0.200. The number of ether oxygens (including phenoxy) is 2. The van der Waals surface area contributed by atoms with Crippen molar-refractivity contribution in [2.45, 2.75) is 13.8 Å². The largest absolute Gasteiger partial charge is 0.495 e. The van der Waals surface area contributed by atoms with E-state index in [-0.39, 0.29) is 0 Å². The second-order valence-corrected chi connectivity index (χ2v) is 9.22. The van der Waals surface area contributed by atoms with Crippen molar-refractivity contribution in [1.29, 1.82) is 0 Å². The molecule has 0 unspecified atom stereocenters. The third kappa shape index (κ3) is 2.65. The summed E-state index contributed by atoms with van der Waals surface area (Å²) >= 11 is 0. The summed E-state index contributed by atoms with van der Waals surface area (Å²) in [5.41, 5.74) is 9.51. The van der Waals surface area contributed by atoms with E-state index in [2.05, 4.69) is 97.7 Å². The maximum atomic E-state index is 5.84. The van der Waals surface area contributed by atoms with E-state index in [1.807, 2.05) is 0 Å². The van der Waals surface area contributed by atoms with Crippen molar-refractivity contribution in [1.82, 2.24) is 9.13 Å². The molecule has 4 heteroatoms. The van der Waals surface area contributed by atoms with Crippen molar-refractivity contribution in [3.63, 3.8) is 0 Å². The molecule has 6 rings (SSSR count). The molecule has 0 atom stereocenters. The van der Waals surface area contributed by atoms with Crippen molar-refractivity contribution in [2.75, 3.05) is 14.2 Å². The van der Waals surface area contributed by atoms with Gasteiger partial charge in [-0.1, -0.05) is 24.3 Å². The highest BCUT2D eigenvalue weighted by molar-refractivity contribution is 6.18. The normalized spacial score (nSPS) is 11.8. The topological polar surface area (TPSA) is 28.3 Å². The minimum Gasteiger partial charge on any atom is -0.495 e. The molecule has 2 heterocycles. The third-order valence-electron chi connectivity index (χ3n) is 7.26. The first-order valence-corrected chi connectivity index (χ1v) is 11.6. The lowest BCUT2D eigenvalue weighted by molar-refractivity contribution is 0.417. The molecule has 0 amide bonds. The van der Waals surface area contributed by atoms with Crippen LogP contribution in [0, 0.1) is 13.8 Å². The summed E-state index contributed by atoms with van der Waals surface area (Å²) in [5, 5.41) is 4.94. The SMILES string of the molecule is COc1cc(C)cc2c3cc(-c4c(C)cc(OC)c5c4c4ccccc4n5C)ccc3n(C)c12. The predicted octanol–water partition coefficient (Wildman–Crippen LogP) is 7.28. The average molecular weight is 449 g/mol. The number of fused-ring (bicyclic) bond motifs is 6. The summed E-state index contributed by atoms with van der Waals surface area (Å²) < 4.78 is 16.1. The zero-order valence-corrected chi connectivity index (χ0v) is 20.5. The van der Waals surface area contributed by atoms with Gasteiger partial charge in [0.1, 0.15) is 11.5 Å². The smallest absolute Gasteiger partial charge is 0.143 e. The van der Waals surface area contributed by atoms with Gasteiger partial charge in [0.05, 0.1) is 25.3 Å². The molecule has 0 aliphatic heterocycles. The number of aryl methyl sites for hydroxylation is 4. The molecule has 0 spiro atoms. The summed E-state index contributed by atoms with van der Waals surface area (Å²) in [6.07, 6.45) is 0. The van der Waals surface area contributed by atoms with Crippen LogP contribution in [0.5, 0.6) is 11.5 Å². The monoisotopic (exact) mass is 448 g/mol. The van der Waals surface area contributed by atoms with Gasteiger partial charge in [0.15, 0.2) is 0 Å². The van der Waals surface area contributed by atoms with E-state index >= 15 is 0 Å². The van der Waals surface area contributed by atoms with Gasteiger partial charge in [-0.3, -0.25) is 0 Å². The molecule has 0 saturated heterocycles. The lowest BCUT2D eigenvalue weighted by atomic mass is 9.93. The van der Waals surface area contributed by atoms with Gasteiger partial charge in [0, 0.05) is 46.7 Å². The first-order valence-electron chi connectivity index (χ1n) is 11.6. The van der Waals surface area contributed by atoms with E-state index < -0.39 is 0 Å². The number of benzene rings is 4. The van der Waals surface area contributed by atoms with Gasteiger partial charge in [0.2, 0.25) is 0 Å². The Bertz CT molecular complexity index is 1770. The standard InChI is InChI=1S/C30H28N2O2/c1-17-13-22-21-16-19(11-12-24(21)31(3)29(22)25(14-17)33-5)27-18(2)15-26(34-6)30-28(27)20-9-7-8-10-23(20)32(30)4/h7-16H,1-6H3.